The third-order valence-electron chi connectivity index (χ3n) is 1.30. The maximum atomic E-state index is 11.2. The van der Waals surface area contributed by atoms with Crippen LogP contribution in [0.4, 0.5) is 0 Å². The predicted octanol–water partition coefficient (Wildman–Crippen LogP) is 0.415. The lowest BCUT2D eigenvalue weighted by molar-refractivity contribution is 0.0872. The molecule has 0 bridgehead atoms. The van der Waals surface area contributed by atoms with E-state index in [0.717, 1.165) is 0 Å². The molecule has 4 nitrogen and oxygen atoms in total. The van der Waals surface area contributed by atoms with Crippen LogP contribution in [0, 0.1) is 0 Å². The lowest BCUT2D eigenvalue weighted by atomic mass is 10.3. The number of hydrogen-bond acceptors (Lipinski definition) is 3. The Kier molecular flexibility index (Phi) is 3.22. The first-order chi connectivity index (χ1) is 5.84. The van der Waals surface area contributed by atoms with Crippen LogP contribution in [0.1, 0.15) is 10.4 Å². The van der Waals surface area contributed by atoms with Gasteiger partial charge in [-0.05, 0) is 12.1 Å². The molecule has 1 rings (SSSR count). The van der Waals surface area contributed by atoms with Crippen LogP contribution in [-0.2, 0) is 4.74 Å². The third-order valence-corrected chi connectivity index (χ3v) is 1.30. The molecule has 1 aromatic rings. The zero-order valence-electron chi connectivity index (χ0n) is 6.78. The van der Waals surface area contributed by atoms with E-state index in [0.29, 0.717) is 5.56 Å². The van der Waals surface area contributed by atoms with E-state index in [-0.39, 0.29) is 12.6 Å². The van der Waals surface area contributed by atoms with Gasteiger partial charge in [0.1, 0.15) is 6.73 Å². The van der Waals surface area contributed by atoms with Crippen LogP contribution in [0.25, 0.3) is 0 Å². The average Bonchev–Trinajstić information content (AvgIpc) is 2.15. The van der Waals surface area contributed by atoms with Crippen LogP contribution in [0.15, 0.2) is 24.5 Å². The first-order valence-electron chi connectivity index (χ1n) is 3.52. The Balaban J connectivity index is 2.54. The van der Waals surface area contributed by atoms with Gasteiger partial charge in [0.2, 0.25) is 0 Å². The molecule has 0 aliphatic carbocycles. The van der Waals surface area contributed by atoms with E-state index >= 15 is 0 Å². The molecule has 4 heteroatoms. The van der Waals surface area contributed by atoms with Gasteiger partial charge in [-0.15, -0.1) is 0 Å². The van der Waals surface area contributed by atoms with E-state index in [1.807, 2.05) is 0 Å². The highest BCUT2D eigenvalue weighted by Crippen LogP contribution is 1.93. The number of nitrogens with one attached hydrogen (secondary N) is 1. The molecule has 0 atom stereocenters. The van der Waals surface area contributed by atoms with E-state index in [4.69, 9.17) is 0 Å². The fraction of sp³-hybridized carbons (Fsp3) is 0.250. The smallest absolute Gasteiger partial charge is 0.254 e. The molecule has 0 saturated carbocycles. The van der Waals surface area contributed by atoms with Gasteiger partial charge >= 0.3 is 0 Å². The van der Waals surface area contributed by atoms with Crippen molar-refractivity contribution in [1.82, 2.24) is 10.3 Å². The van der Waals surface area contributed by atoms with E-state index in [9.17, 15) is 4.79 Å². The molecule has 64 valence electrons. The van der Waals surface area contributed by atoms with Crippen LogP contribution >= 0.6 is 0 Å². The van der Waals surface area contributed by atoms with Gasteiger partial charge in [0.15, 0.2) is 0 Å². The quantitative estimate of drug-likeness (QED) is 0.662. The van der Waals surface area contributed by atoms with Gasteiger partial charge in [0, 0.05) is 19.5 Å². The Labute approximate surface area is 70.6 Å². The van der Waals surface area contributed by atoms with Crippen molar-refractivity contribution in [1.29, 1.82) is 0 Å². The second-order valence-corrected chi connectivity index (χ2v) is 2.18. The summed E-state index contributed by atoms with van der Waals surface area (Å²) in [6.45, 7) is 0.216. The molecule has 0 saturated heterocycles. The highest BCUT2D eigenvalue weighted by atomic mass is 16.5. The van der Waals surface area contributed by atoms with Crippen molar-refractivity contribution in [3.8, 4) is 0 Å². The molecule has 0 aromatic carbocycles. The third kappa shape index (κ3) is 2.32. The summed E-state index contributed by atoms with van der Waals surface area (Å²) < 4.78 is 4.68. The molecule has 1 N–H and O–H groups in total. The number of carbonyl (C=O) groups is 1. The number of amides is 1. The highest BCUT2D eigenvalue weighted by Gasteiger charge is 2.01. The van der Waals surface area contributed by atoms with Gasteiger partial charge < -0.3 is 10.1 Å². The standard InChI is InChI=1S/C8H10N2O2/c1-12-6-10-8(11)7-3-2-4-9-5-7/h2-5H,6H2,1H3,(H,10,11). The lowest BCUT2D eigenvalue weighted by Crippen LogP contribution is -2.25. The number of methoxy groups -OCH3 is 1. The number of pyridine rings is 1. The Morgan fingerprint density at radius 2 is 2.58 bits per heavy atom. The van der Waals surface area contributed by atoms with Crippen molar-refractivity contribution in [2.75, 3.05) is 13.8 Å². The molecule has 1 aromatic heterocycles. The van der Waals surface area contributed by atoms with Gasteiger partial charge in [0.25, 0.3) is 5.91 Å². The van der Waals surface area contributed by atoms with Gasteiger partial charge in [-0.3, -0.25) is 9.78 Å². The molecule has 1 amide bonds. The van der Waals surface area contributed by atoms with Crippen molar-refractivity contribution in [3.05, 3.63) is 30.1 Å². The lowest BCUT2D eigenvalue weighted by Gasteiger charge is -2.01. The summed E-state index contributed by atoms with van der Waals surface area (Å²) in [6, 6.07) is 3.40. The molecule has 12 heavy (non-hydrogen) atoms. The summed E-state index contributed by atoms with van der Waals surface area (Å²) in [5, 5.41) is 2.55. The van der Waals surface area contributed by atoms with E-state index in [1.165, 1.54) is 13.3 Å². The van der Waals surface area contributed by atoms with Crippen LogP contribution in [0.2, 0.25) is 0 Å². The SMILES string of the molecule is COCNC(=O)c1cccnc1. The maximum Gasteiger partial charge on any atom is 0.254 e. The average molecular weight is 166 g/mol. The number of nitrogens with zero attached hydrogens (tertiary/aromatic N) is 1. The summed E-state index contributed by atoms with van der Waals surface area (Å²) >= 11 is 0. The van der Waals surface area contributed by atoms with Crippen molar-refractivity contribution < 1.29 is 9.53 Å². The number of carbonyl (C=O) groups excluding carboxylic acids is 1. The van der Waals surface area contributed by atoms with E-state index in [2.05, 4.69) is 15.0 Å². The van der Waals surface area contributed by atoms with E-state index < -0.39 is 0 Å². The van der Waals surface area contributed by atoms with Gasteiger partial charge in [-0.1, -0.05) is 0 Å². The molecular weight excluding hydrogens is 156 g/mol. The van der Waals surface area contributed by atoms with Crippen molar-refractivity contribution in [3.63, 3.8) is 0 Å². The topological polar surface area (TPSA) is 51.2 Å². The van der Waals surface area contributed by atoms with E-state index in [1.54, 1.807) is 18.3 Å². The van der Waals surface area contributed by atoms with Crippen molar-refractivity contribution in [2.24, 2.45) is 0 Å². The normalized spacial score (nSPS) is 9.42. The molecule has 0 radical (unpaired) electrons. The number of hydrogen-bond donors (Lipinski definition) is 1. The first kappa shape index (κ1) is 8.67. The minimum atomic E-state index is -0.176. The summed E-state index contributed by atoms with van der Waals surface area (Å²) in [5.74, 6) is -0.176. The number of ether oxygens (including phenoxy) is 1. The second kappa shape index (κ2) is 4.46. The number of rotatable bonds is 3. The first-order valence-corrected chi connectivity index (χ1v) is 3.52. The minimum absolute atomic E-state index is 0.176. The fourth-order valence-corrected chi connectivity index (χ4v) is 0.737. The highest BCUT2D eigenvalue weighted by molar-refractivity contribution is 5.93. The molecule has 0 fully saturated rings. The summed E-state index contributed by atoms with van der Waals surface area (Å²) in [4.78, 5) is 15.0. The fourth-order valence-electron chi connectivity index (χ4n) is 0.737. The Morgan fingerprint density at radius 3 is 3.17 bits per heavy atom. The summed E-state index contributed by atoms with van der Waals surface area (Å²) in [5.41, 5.74) is 0.537. The van der Waals surface area contributed by atoms with Gasteiger partial charge in [-0.2, -0.15) is 0 Å². The molecule has 0 aliphatic rings. The zero-order chi connectivity index (χ0) is 8.81. The zero-order valence-corrected chi connectivity index (χ0v) is 6.78. The largest absolute Gasteiger partial charge is 0.364 e. The van der Waals surface area contributed by atoms with Crippen LogP contribution in [0.3, 0.4) is 0 Å². The Hall–Kier alpha value is -1.42. The van der Waals surface area contributed by atoms with Crippen LogP contribution in [-0.4, -0.2) is 24.7 Å². The maximum absolute atomic E-state index is 11.2. The number of aromatic nitrogens is 1. The summed E-state index contributed by atoms with van der Waals surface area (Å²) in [7, 11) is 1.52. The van der Waals surface area contributed by atoms with Crippen molar-refractivity contribution in [2.45, 2.75) is 0 Å². The second-order valence-electron chi connectivity index (χ2n) is 2.18. The van der Waals surface area contributed by atoms with Gasteiger partial charge in [-0.25, -0.2) is 0 Å². The predicted molar refractivity (Wildman–Crippen MR) is 43.6 cm³/mol. The van der Waals surface area contributed by atoms with Crippen LogP contribution in [0.5, 0.6) is 0 Å². The van der Waals surface area contributed by atoms with Gasteiger partial charge in [0.05, 0.1) is 5.56 Å². The molecule has 0 spiro atoms. The molecule has 1 heterocycles. The van der Waals surface area contributed by atoms with Crippen LogP contribution < -0.4 is 5.32 Å². The van der Waals surface area contributed by atoms with Crippen molar-refractivity contribution >= 4 is 5.91 Å². The molecule has 0 unspecified atom stereocenters. The monoisotopic (exact) mass is 166 g/mol. The Morgan fingerprint density at radius 1 is 1.75 bits per heavy atom. The minimum Gasteiger partial charge on any atom is -0.364 e. The molecular formula is C8H10N2O2. The Bertz CT molecular complexity index is 248. The molecule has 0 aliphatic heterocycles. The summed E-state index contributed by atoms with van der Waals surface area (Å²) in [6.07, 6.45) is 3.12.